The van der Waals surface area contributed by atoms with Gasteiger partial charge in [0.05, 0.1) is 11.9 Å². The van der Waals surface area contributed by atoms with E-state index in [2.05, 4.69) is 10.3 Å². The van der Waals surface area contributed by atoms with Crippen molar-refractivity contribution < 1.29 is 14.7 Å². The van der Waals surface area contributed by atoms with Gasteiger partial charge in [-0.25, -0.2) is 4.79 Å². The second-order valence-electron chi connectivity index (χ2n) is 5.34. The first kappa shape index (κ1) is 15.0. The highest BCUT2D eigenvalue weighted by molar-refractivity contribution is 5.97. The molecule has 2 N–H and O–H groups in total. The van der Waals surface area contributed by atoms with Crippen molar-refractivity contribution in [2.24, 2.45) is 4.99 Å². The first-order chi connectivity index (χ1) is 11.1. The number of carbonyl (C=O) groups is 2. The van der Waals surface area contributed by atoms with Gasteiger partial charge in [0.25, 0.3) is 5.91 Å². The Labute approximate surface area is 133 Å². The van der Waals surface area contributed by atoms with Crippen LogP contribution in [0.15, 0.2) is 53.5 Å². The van der Waals surface area contributed by atoms with E-state index in [4.69, 9.17) is 0 Å². The van der Waals surface area contributed by atoms with Crippen molar-refractivity contribution in [3.63, 3.8) is 0 Å². The number of nitrogens with one attached hydrogen (secondary N) is 1. The van der Waals surface area contributed by atoms with Crippen LogP contribution >= 0.6 is 0 Å². The summed E-state index contributed by atoms with van der Waals surface area (Å²) in [5.41, 5.74) is 1.32. The van der Waals surface area contributed by atoms with E-state index in [1.165, 1.54) is 0 Å². The van der Waals surface area contributed by atoms with Gasteiger partial charge in [0, 0.05) is 17.2 Å². The highest BCUT2D eigenvalue weighted by Crippen LogP contribution is 2.04. The van der Waals surface area contributed by atoms with Crippen LogP contribution in [0.25, 0.3) is 6.08 Å². The second kappa shape index (κ2) is 6.44. The lowest BCUT2D eigenvalue weighted by molar-refractivity contribution is -0.139. The van der Waals surface area contributed by atoms with E-state index in [1.807, 2.05) is 42.5 Å². The van der Waals surface area contributed by atoms with Gasteiger partial charge in [-0.15, -0.1) is 0 Å². The van der Waals surface area contributed by atoms with Gasteiger partial charge in [-0.3, -0.25) is 9.79 Å². The SMILES string of the molecule is O=C(NC(Cc1ccccc1)C(=O)O)c1cccc2c1=CCN=2. The standard InChI is InChI=1S/C18H16N2O3/c21-17(14-7-4-8-15-13(14)9-10-19-15)20-16(18(22)23)11-12-5-2-1-3-6-12/h1-9,16H,10-11H2,(H,20,21)(H,22,23). The molecule has 0 aromatic heterocycles. The van der Waals surface area contributed by atoms with Gasteiger partial charge < -0.3 is 10.4 Å². The average molecular weight is 308 g/mol. The van der Waals surface area contributed by atoms with E-state index in [0.29, 0.717) is 12.1 Å². The van der Waals surface area contributed by atoms with Crippen LogP contribution in [0.1, 0.15) is 15.9 Å². The summed E-state index contributed by atoms with van der Waals surface area (Å²) in [6.07, 6.45) is 2.11. The summed E-state index contributed by atoms with van der Waals surface area (Å²) >= 11 is 0. The number of amides is 1. The number of carboxylic acid groups (broad SMARTS) is 1. The molecular weight excluding hydrogens is 292 g/mol. The number of carboxylic acids is 1. The molecule has 2 aromatic carbocycles. The highest BCUT2D eigenvalue weighted by Gasteiger charge is 2.22. The average Bonchev–Trinajstić information content (AvgIpc) is 3.03. The van der Waals surface area contributed by atoms with E-state index in [0.717, 1.165) is 16.1 Å². The van der Waals surface area contributed by atoms with Crippen molar-refractivity contribution in [2.75, 3.05) is 6.54 Å². The normalized spacial score (nSPS) is 13.4. The first-order valence-electron chi connectivity index (χ1n) is 7.36. The monoisotopic (exact) mass is 308 g/mol. The lowest BCUT2D eigenvalue weighted by atomic mass is 10.0. The van der Waals surface area contributed by atoms with Crippen molar-refractivity contribution in [3.8, 4) is 0 Å². The molecule has 1 aliphatic rings. The molecule has 0 radical (unpaired) electrons. The minimum Gasteiger partial charge on any atom is -0.480 e. The third-order valence-corrected chi connectivity index (χ3v) is 3.77. The summed E-state index contributed by atoms with van der Waals surface area (Å²) in [7, 11) is 0. The Morgan fingerprint density at radius 2 is 1.91 bits per heavy atom. The molecule has 3 rings (SSSR count). The maximum atomic E-state index is 12.5. The molecule has 0 bridgehead atoms. The number of rotatable bonds is 5. The summed E-state index contributed by atoms with van der Waals surface area (Å²) in [6.45, 7) is 0.548. The van der Waals surface area contributed by atoms with Gasteiger partial charge in [-0.1, -0.05) is 42.5 Å². The van der Waals surface area contributed by atoms with Gasteiger partial charge >= 0.3 is 5.97 Å². The molecule has 0 fully saturated rings. The summed E-state index contributed by atoms with van der Waals surface area (Å²) < 4.78 is 0. The summed E-state index contributed by atoms with van der Waals surface area (Å²) in [4.78, 5) is 28.2. The van der Waals surface area contributed by atoms with Crippen LogP contribution in [0.3, 0.4) is 0 Å². The lowest BCUT2D eigenvalue weighted by Crippen LogP contribution is -2.44. The zero-order chi connectivity index (χ0) is 16.2. The molecule has 1 aliphatic heterocycles. The number of carbonyl (C=O) groups excluding carboxylic acids is 1. The van der Waals surface area contributed by atoms with Gasteiger partial charge in [0.1, 0.15) is 6.04 Å². The number of benzene rings is 2. The Kier molecular flexibility index (Phi) is 4.19. The van der Waals surface area contributed by atoms with Crippen LogP contribution < -0.4 is 15.9 Å². The number of aliphatic carboxylic acids is 1. The van der Waals surface area contributed by atoms with Crippen LogP contribution in [0.5, 0.6) is 0 Å². The molecule has 116 valence electrons. The Balaban J connectivity index is 1.82. The van der Waals surface area contributed by atoms with Crippen LogP contribution in [0, 0.1) is 0 Å². The van der Waals surface area contributed by atoms with Crippen molar-refractivity contribution >= 4 is 18.0 Å². The number of hydrogen-bond acceptors (Lipinski definition) is 3. The summed E-state index contributed by atoms with van der Waals surface area (Å²) in [5.74, 6) is -1.44. The third kappa shape index (κ3) is 3.29. The molecule has 1 heterocycles. The lowest BCUT2D eigenvalue weighted by Gasteiger charge is -2.15. The van der Waals surface area contributed by atoms with E-state index in [1.54, 1.807) is 12.1 Å². The molecule has 0 saturated carbocycles. The number of hydrogen-bond donors (Lipinski definition) is 2. The molecule has 0 aliphatic carbocycles. The Morgan fingerprint density at radius 1 is 1.13 bits per heavy atom. The summed E-state index contributed by atoms with van der Waals surface area (Å²) in [5, 5.41) is 13.5. The number of nitrogens with zero attached hydrogens (tertiary/aromatic N) is 1. The smallest absolute Gasteiger partial charge is 0.326 e. The maximum absolute atomic E-state index is 12.5. The van der Waals surface area contributed by atoms with Crippen LogP contribution in [-0.4, -0.2) is 29.6 Å². The Bertz CT molecular complexity index is 860. The molecule has 0 spiro atoms. The van der Waals surface area contributed by atoms with Crippen molar-refractivity contribution in [3.05, 3.63) is 70.2 Å². The topological polar surface area (TPSA) is 78.8 Å². The molecule has 1 atom stereocenters. The van der Waals surface area contributed by atoms with Gasteiger partial charge in [0.15, 0.2) is 0 Å². The van der Waals surface area contributed by atoms with Crippen LogP contribution in [-0.2, 0) is 11.2 Å². The minimum absolute atomic E-state index is 0.241. The maximum Gasteiger partial charge on any atom is 0.326 e. The van der Waals surface area contributed by atoms with Crippen molar-refractivity contribution in [1.29, 1.82) is 0 Å². The zero-order valence-electron chi connectivity index (χ0n) is 12.4. The van der Waals surface area contributed by atoms with Crippen molar-refractivity contribution in [1.82, 2.24) is 5.32 Å². The quantitative estimate of drug-likeness (QED) is 0.845. The van der Waals surface area contributed by atoms with E-state index in [9.17, 15) is 14.7 Å². The molecule has 5 nitrogen and oxygen atoms in total. The van der Waals surface area contributed by atoms with Crippen LogP contribution in [0.2, 0.25) is 0 Å². The predicted molar refractivity (Wildman–Crippen MR) is 85.6 cm³/mol. The fourth-order valence-electron chi connectivity index (χ4n) is 2.62. The third-order valence-electron chi connectivity index (χ3n) is 3.77. The first-order valence-corrected chi connectivity index (χ1v) is 7.36. The number of fused-ring (bicyclic) bond motifs is 1. The molecular formula is C18H16N2O3. The largest absolute Gasteiger partial charge is 0.480 e. The van der Waals surface area contributed by atoms with E-state index < -0.39 is 17.9 Å². The fourth-order valence-corrected chi connectivity index (χ4v) is 2.62. The summed E-state index contributed by atoms with van der Waals surface area (Å²) in [6, 6.07) is 13.5. The van der Waals surface area contributed by atoms with E-state index in [-0.39, 0.29) is 6.42 Å². The fraction of sp³-hybridized carbons (Fsp3) is 0.167. The Hall–Kier alpha value is -2.95. The zero-order valence-corrected chi connectivity index (χ0v) is 12.4. The molecule has 2 aromatic rings. The molecule has 5 heteroatoms. The van der Waals surface area contributed by atoms with E-state index >= 15 is 0 Å². The van der Waals surface area contributed by atoms with Crippen molar-refractivity contribution in [2.45, 2.75) is 12.5 Å². The molecule has 1 amide bonds. The van der Waals surface area contributed by atoms with Gasteiger partial charge in [0.2, 0.25) is 0 Å². The van der Waals surface area contributed by atoms with Gasteiger partial charge in [-0.2, -0.15) is 0 Å². The van der Waals surface area contributed by atoms with Gasteiger partial charge in [-0.05, 0) is 17.7 Å². The minimum atomic E-state index is -1.05. The highest BCUT2D eigenvalue weighted by atomic mass is 16.4. The molecule has 23 heavy (non-hydrogen) atoms. The molecule has 1 unspecified atom stereocenters. The second-order valence-corrected chi connectivity index (χ2v) is 5.34. The van der Waals surface area contributed by atoms with Crippen LogP contribution in [0.4, 0.5) is 0 Å². The predicted octanol–water partition coefficient (Wildman–Crippen LogP) is 0.526. The molecule has 0 saturated heterocycles. The Morgan fingerprint density at radius 3 is 2.65 bits per heavy atom.